The van der Waals surface area contributed by atoms with Gasteiger partial charge in [-0.2, -0.15) is 0 Å². The first-order valence-electron chi connectivity index (χ1n) is 9.04. The van der Waals surface area contributed by atoms with Gasteiger partial charge in [-0.1, -0.05) is 70.2 Å². The number of hydrogen-bond acceptors (Lipinski definition) is 2. The van der Waals surface area contributed by atoms with E-state index in [0.29, 0.717) is 0 Å². The molecular weight excluding hydrogens is 272 g/mol. The van der Waals surface area contributed by atoms with E-state index in [1.165, 1.54) is 24.8 Å². The fourth-order valence-corrected chi connectivity index (χ4v) is 3.27. The number of benzene rings is 1. The first-order valence-corrected chi connectivity index (χ1v) is 9.04. The Morgan fingerprint density at radius 1 is 1.00 bits per heavy atom. The molecule has 2 nitrogen and oxygen atoms in total. The van der Waals surface area contributed by atoms with Crippen molar-refractivity contribution < 1.29 is 9.53 Å². The number of esters is 1. The van der Waals surface area contributed by atoms with Crippen LogP contribution in [0, 0.1) is 5.92 Å². The predicted octanol–water partition coefficient (Wildman–Crippen LogP) is 5.60. The number of carbonyl (C=O) groups is 1. The molecule has 2 rings (SSSR count). The maximum Gasteiger partial charge on any atom is 0.309 e. The van der Waals surface area contributed by atoms with Gasteiger partial charge in [0.05, 0.1) is 5.92 Å². The molecule has 1 aromatic rings. The number of ether oxygens (including phenoxy) is 1. The summed E-state index contributed by atoms with van der Waals surface area (Å²) in [5.41, 5.74) is 2.51. The predicted molar refractivity (Wildman–Crippen MR) is 90.8 cm³/mol. The van der Waals surface area contributed by atoms with Gasteiger partial charge >= 0.3 is 5.97 Å². The van der Waals surface area contributed by atoms with Crippen molar-refractivity contribution in [1.29, 1.82) is 0 Å². The Morgan fingerprint density at radius 3 is 2.41 bits per heavy atom. The van der Waals surface area contributed by atoms with E-state index in [1.54, 1.807) is 0 Å². The lowest BCUT2D eigenvalue weighted by Gasteiger charge is -2.28. The Kier molecular flexibility index (Phi) is 6.95. The second-order valence-corrected chi connectivity index (χ2v) is 6.54. The van der Waals surface area contributed by atoms with Gasteiger partial charge in [0, 0.05) is 0 Å². The molecule has 1 aliphatic rings. The molecule has 0 bridgehead atoms. The average Bonchev–Trinajstić information content (AvgIpc) is 2.54. The first kappa shape index (κ1) is 17.1. The van der Waals surface area contributed by atoms with E-state index in [2.05, 4.69) is 38.1 Å². The van der Waals surface area contributed by atoms with Crippen LogP contribution < -0.4 is 0 Å². The summed E-state index contributed by atoms with van der Waals surface area (Å²) in [4.78, 5) is 12.2. The van der Waals surface area contributed by atoms with E-state index in [1.807, 2.05) is 0 Å². The summed E-state index contributed by atoms with van der Waals surface area (Å²) in [7, 11) is 0. The van der Waals surface area contributed by atoms with Crippen LogP contribution >= 0.6 is 0 Å². The van der Waals surface area contributed by atoms with Gasteiger partial charge in [0.2, 0.25) is 0 Å². The molecule has 0 radical (unpaired) electrons. The van der Waals surface area contributed by atoms with E-state index in [4.69, 9.17) is 4.74 Å². The van der Waals surface area contributed by atoms with Crippen molar-refractivity contribution in [3.8, 4) is 0 Å². The summed E-state index contributed by atoms with van der Waals surface area (Å²) >= 11 is 0. The fraction of sp³-hybridized carbons (Fsp3) is 0.650. The van der Waals surface area contributed by atoms with Crippen LogP contribution in [-0.2, 0) is 16.0 Å². The lowest BCUT2D eigenvalue weighted by molar-refractivity contribution is -0.161. The SMILES string of the molecule is CCCCCCC1CCC(c2ccc(CCC)cc2)OC1=O. The lowest BCUT2D eigenvalue weighted by Crippen LogP contribution is -2.26. The molecule has 122 valence electrons. The Bertz CT molecular complexity index is 449. The van der Waals surface area contributed by atoms with Gasteiger partial charge in [-0.25, -0.2) is 0 Å². The number of cyclic esters (lactones) is 1. The Hall–Kier alpha value is -1.31. The van der Waals surface area contributed by atoms with Crippen LogP contribution in [0.25, 0.3) is 0 Å². The minimum atomic E-state index is -0.0323. The number of aryl methyl sites for hydroxylation is 1. The second kappa shape index (κ2) is 8.97. The van der Waals surface area contributed by atoms with Crippen molar-refractivity contribution in [3.05, 3.63) is 35.4 Å². The maximum atomic E-state index is 12.2. The zero-order chi connectivity index (χ0) is 15.8. The molecule has 1 heterocycles. The molecule has 0 aromatic heterocycles. The summed E-state index contributed by atoms with van der Waals surface area (Å²) in [6, 6.07) is 8.60. The molecule has 1 saturated heterocycles. The van der Waals surface area contributed by atoms with Gasteiger partial charge in [0.1, 0.15) is 6.10 Å². The monoisotopic (exact) mass is 302 g/mol. The van der Waals surface area contributed by atoms with Crippen molar-refractivity contribution in [2.24, 2.45) is 5.92 Å². The number of rotatable bonds is 8. The third kappa shape index (κ3) is 4.86. The molecule has 2 atom stereocenters. The van der Waals surface area contributed by atoms with Crippen molar-refractivity contribution >= 4 is 5.97 Å². The zero-order valence-corrected chi connectivity index (χ0v) is 14.1. The Balaban J connectivity index is 1.82. The highest BCUT2D eigenvalue weighted by Gasteiger charge is 2.30. The van der Waals surface area contributed by atoms with Gasteiger partial charge in [-0.15, -0.1) is 0 Å². The third-order valence-corrected chi connectivity index (χ3v) is 4.67. The van der Waals surface area contributed by atoms with Crippen LogP contribution in [-0.4, -0.2) is 5.97 Å². The van der Waals surface area contributed by atoms with Gasteiger partial charge in [0.15, 0.2) is 0 Å². The van der Waals surface area contributed by atoms with E-state index in [0.717, 1.165) is 44.1 Å². The number of carbonyl (C=O) groups excluding carboxylic acids is 1. The average molecular weight is 302 g/mol. The molecule has 0 saturated carbocycles. The minimum Gasteiger partial charge on any atom is -0.457 e. The van der Waals surface area contributed by atoms with E-state index in [9.17, 15) is 4.79 Å². The van der Waals surface area contributed by atoms with Gasteiger partial charge < -0.3 is 4.74 Å². The fourth-order valence-electron chi connectivity index (χ4n) is 3.27. The standard InChI is InChI=1S/C20H30O2/c1-3-5-6-7-9-18-14-15-19(22-20(18)21)17-12-10-16(8-4-2)11-13-17/h10-13,18-19H,3-9,14-15H2,1-2H3. The van der Waals surface area contributed by atoms with Crippen LogP contribution in [0.15, 0.2) is 24.3 Å². The Labute approximate surface area is 135 Å². The molecule has 1 fully saturated rings. The minimum absolute atomic E-state index is 0.0189. The van der Waals surface area contributed by atoms with E-state index >= 15 is 0 Å². The zero-order valence-electron chi connectivity index (χ0n) is 14.1. The summed E-state index contributed by atoms with van der Waals surface area (Å²) in [5, 5.41) is 0. The molecule has 22 heavy (non-hydrogen) atoms. The summed E-state index contributed by atoms with van der Waals surface area (Å²) in [6.45, 7) is 4.41. The molecule has 0 spiro atoms. The largest absolute Gasteiger partial charge is 0.457 e. The van der Waals surface area contributed by atoms with Crippen molar-refractivity contribution in [2.75, 3.05) is 0 Å². The maximum absolute atomic E-state index is 12.2. The highest BCUT2D eigenvalue weighted by atomic mass is 16.5. The van der Waals surface area contributed by atoms with Crippen LogP contribution in [0.4, 0.5) is 0 Å². The lowest BCUT2D eigenvalue weighted by atomic mass is 9.90. The summed E-state index contributed by atoms with van der Waals surface area (Å²) in [5.74, 6) is 0.151. The van der Waals surface area contributed by atoms with Crippen molar-refractivity contribution in [3.63, 3.8) is 0 Å². The molecule has 1 aromatic carbocycles. The second-order valence-electron chi connectivity index (χ2n) is 6.54. The highest BCUT2D eigenvalue weighted by Crippen LogP contribution is 2.33. The van der Waals surface area contributed by atoms with Gasteiger partial charge in [0.25, 0.3) is 0 Å². The van der Waals surface area contributed by atoms with E-state index < -0.39 is 0 Å². The number of hydrogen-bond donors (Lipinski definition) is 0. The molecule has 0 N–H and O–H groups in total. The van der Waals surface area contributed by atoms with E-state index in [-0.39, 0.29) is 18.0 Å². The van der Waals surface area contributed by atoms with Gasteiger partial charge in [-0.05, 0) is 36.8 Å². The third-order valence-electron chi connectivity index (χ3n) is 4.67. The van der Waals surface area contributed by atoms with Crippen molar-refractivity contribution in [2.45, 2.75) is 77.7 Å². The van der Waals surface area contributed by atoms with Crippen LogP contribution in [0.2, 0.25) is 0 Å². The molecule has 1 aliphatic heterocycles. The van der Waals surface area contributed by atoms with Crippen molar-refractivity contribution in [1.82, 2.24) is 0 Å². The summed E-state index contributed by atoms with van der Waals surface area (Å²) in [6.07, 6.45) is 10.1. The summed E-state index contributed by atoms with van der Waals surface area (Å²) < 4.78 is 5.70. The topological polar surface area (TPSA) is 26.3 Å². The van der Waals surface area contributed by atoms with Crippen LogP contribution in [0.1, 0.15) is 82.4 Å². The Morgan fingerprint density at radius 2 is 1.77 bits per heavy atom. The normalized spacial score (nSPS) is 21.6. The molecule has 0 amide bonds. The molecule has 0 aliphatic carbocycles. The van der Waals surface area contributed by atoms with Crippen LogP contribution in [0.3, 0.4) is 0 Å². The molecular formula is C20H30O2. The quantitative estimate of drug-likeness (QED) is 0.461. The first-order chi connectivity index (χ1) is 10.7. The molecule has 2 heteroatoms. The molecule has 2 unspecified atom stereocenters. The smallest absolute Gasteiger partial charge is 0.309 e. The highest BCUT2D eigenvalue weighted by molar-refractivity contribution is 5.73. The van der Waals surface area contributed by atoms with Crippen LogP contribution in [0.5, 0.6) is 0 Å². The van der Waals surface area contributed by atoms with Gasteiger partial charge in [-0.3, -0.25) is 4.79 Å². The number of unbranched alkanes of at least 4 members (excludes halogenated alkanes) is 3.